The molecule has 3 heteroatoms. The SMILES string of the molecule is COC(=O)CC(C#N)C#Cc1ccccc1. The number of carbonyl (C=O) groups excluding carboxylic acids is 1. The van der Waals surface area contributed by atoms with Gasteiger partial charge in [0.05, 0.1) is 19.6 Å². The Kier molecular flexibility index (Phi) is 4.63. The van der Waals surface area contributed by atoms with E-state index in [4.69, 9.17) is 5.26 Å². The average molecular weight is 213 g/mol. The molecule has 0 aliphatic rings. The first-order valence-electron chi connectivity index (χ1n) is 4.79. The second kappa shape index (κ2) is 6.27. The second-order valence-corrected chi connectivity index (χ2v) is 3.10. The minimum absolute atomic E-state index is 0.00678. The van der Waals surface area contributed by atoms with Crippen LogP contribution in [0.3, 0.4) is 0 Å². The predicted octanol–water partition coefficient (Wildman–Crippen LogP) is 1.74. The van der Waals surface area contributed by atoms with Gasteiger partial charge in [-0.15, -0.1) is 0 Å². The lowest BCUT2D eigenvalue weighted by Crippen LogP contribution is -2.06. The lowest BCUT2D eigenvalue weighted by Gasteiger charge is -1.98. The van der Waals surface area contributed by atoms with Gasteiger partial charge in [-0.3, -0.25) is 4.79 Å². The number of benzene rings is 1. The molecule has 0 radical (unpaired) electrons. The summed E-state index contributed by atoms with van der Waals surface area (Å²) < 4.78 is 4.48. The van der Waals surface area contributed by atoms with Gasteiger partial charge in [-0.25, -0.2) is 0 Å². The van der Waals surface area contributed by atoms with Crippen LogP contribution in [0.25, 0.3) is 0 Å². The van der Waals surface area contributed by atoms with Gasteiger partial charge in [-0.2, -0.15) is 5.26 Å². The van der Waals surface area contributed by atoms with Crippen molar-refractivity contribution in [2.75, 3.05) is 7.11 Å². The molecule has 0 fully saturated rings. The first-order chi connectivity index (χ1) is 7.76. The lowest BCUT2D eigenvalue weighted by atomic mass is 10.1. The van der Waals surface area contributed by atoms with Gasteiger partial charge in [-0.05, 0) is 12.1 Å². The van der Waals surface area contributed by atoms with E-state index in [-0.39, 0.29) is 6.42 Å². The van der Waals surface area contributed by atoms with Crippen molar-refractivity contribution >= 4 is 5.97 Å². The number of carbonyl (C=O) groups is 1. The molecule has 0 aromatic heterocycles. The minimum Gasteiger partial charge on any atom is -0.469 e. The molecule has 0 saturated carbocycles. The van der Waals surface area contributed by atoms with E-state index in [1.165, 1.54) is 7.11 Å². The quantitative estimate of drug-likeness (QED) is 0.555. The van der Waals surface area contributed by atoms with Crippen molar-refractivity contribution in [2.24, 2.45) is 5.92 Å². The van der Waals surface area contributed by atoms with Crippen molar-refractivity contribution in [1.82, 2.24) is 0 Å². The van der Waals surface area contributed by atoms with E-state index >= 15 is 0 Å². The number of esters is 1. The highest BCUT2D eigenvalue weighted by Gasteiger charge is 2.09. The zero-order valence-electron chi connectivity index (χ0n) is 8.93. The summed E-state index contributed by atoms with van der Waals surface area (Å²) in [6, 6.07) is 11.3. The third-order valence-corrected chi connectivity index (χ3v) is 1.92. The van der Waals surface area contributed by atoms with Crippen LogP contribution in [0.1, 0.15) is 12.0 Å². The summed E-state index contributed by atoms with van der Waals surface area (Å²) in [5, 5.41) is 8.79. The fourth-order valence-electron chi connectivity index (χ4n) is 1.07. The molecule has 1 unspecified atom stereocenters. The zero-order chi connectivity index (χ0) is 11.8. The maximum Gasteiger partial charge on any atom is 0.307 e. The molecular weight excluding hydrogens is 202 g/mol. The molecule has 0 amide bonds. The summed E-state index contributed by atoms with van der Waals surface area (Å²) in [5.74, 6) is 4.54. The van der Waals surface area contributed by atoms with Gasteiger partial charge in [0, 0.05) is 5.56 Å². The van der Waals surface area contributed by atoms with E-state index in [1.807, 2.05) is 36.4 Å². The summed E-state index contributed by atoms with van der Waals surface area (Å²) in [6.07, 6.45) is 0.00678. The summed E-state index contributed by atoms with van der Waals surface area (Å²) in [4.78, 5) is 11.0. The molecule has 3 nitrogen and oxygen atoms in total. The molecule has 1 rings (SSSR count). The van der Waals surface area contributed by atoms with Crippen LogP contribution in [-0.2, 0) is 9.53 Å². The summed E-state index contributed by atoms with van der Waals surface area (Å²) in [7, 11) is 1.29. The summed E-state index contributed by atoms with van der Waals surface area (Å²) >= 11 is 0. The Hall–Kier alpha value is -2.26. The highest BCUT2D eigenvalue weighted by Crippen LogP contribution is 2.02. The second-order valence-electron chi connectivity index (χ2n) is 3.10. The maximum absolute atomic E-state index is 11.0. The third-order valence-electron chi connectivity index (χ3n) is 1.92. The molecule has 80 valence electrons. The summed E-state index contributed by atoms with van der Waals surface area (Å²) in [5.41, 5.74) is 0.826. The van der Waals surface area contributed by atoms with Crippen LogP contribution in [0, 0.1) is 29.1 Å². The van der Waals surface area contributed by atoms with Crippen molar-refractivity contribution in [1.29, 1.82) is 5.26 Å². The van der Waals surface area contributed by atoms with E-state index in [2.05, 4.69) is 16.6 Å². The van der Waals surface area contributed by atoms with Crippen molar-refractivity contribution in [3.63, 3.8) is 0 Å². The van der Waals surface area contributed by atoms with E-state index in [9.17, 15) is 4.79 Å². The molecule has 0 aliphatic heterocycles. The smallest absolute Gasteiger partial charge is 0.307 e. The molecule has 0 bridgehead atoms. The molecular formula is C13H11NO2. The van der Waals surface area contributed by atoms with E-state index < -0.39 is 11.9 Å². The van der Waals surface area contributed by atoms with Gasteiger partial charge < -0.3 is 4.74 Å². The van der Waals surface area contributed by atoms with Crippen LogP contribution >= 0.6 is 0 Å². The molecule has 1 aromatic carbocycles. The van der Waals surface area contributed by atoms with E-state index in [1.54, 1.807) is 0 Å². The first-order valence-corrected chi connectivity index (χ1v) is 4.79. The molecule has 16 heavy (non-hydrogen) atoms. The maximum atomic E-state index is 11.0. The molecule has 1 aromatic rings. The Bertz CT molecular complexity index is 448. The van der Waals surface area contributed by atoms with E-state index in [0.717, 1.165) is 5.56 Å². The Balaban J connectivity index is 2.68. The number of nitriles is 1. The molecule has 0 aliphatic carbocycles. The predicted molar refractivity (Wildman–Crippen MR) is 59.1 cm³/mol. The highest BCUT2D eigenvalue weighted by molar-refractivity contribution is 5.70. The van der Waals surface area contributed by atoms with Crippen LogP contribution in [-0.4, -0.2) is 13.1 Å². The van der Waals surface area contributed by atoms with Crippen LogP contribution in [0.5, 0.6) is 0 Å². The Morgan fingerprint density at radius 3 is 2.69 bits per heavy atom. The van der Waals surface area contributed by atoms with Gasteiger partial charge in [0.25, 0.3) is 0 Å². The summed E-state index contributed by atoms with van der Waals surface area (Å²) in [6.45, 7) is 0. The lowest BCUT2D eigenvalue weighted by molar-refractivity contribution is -0.140. The fourth-order valence-corrected chi connectivity index (χ4v) is 1.07. The van der Waals surface area contributed by atoms with Crippen LogP contribution in [0.2, 0.25) is 0 Å². The molecule has 0 N–H and O–H groups in total. The Morgan fingerprint density at radius 1 is 1.44 bits per heavy atom. The van der Waals surface area contributed by atoms with Crippen molar-refractivity contribution in [3.05, 3.63) is 35.9 Å². The normalized spacial score (nSPS) is 10.5. The number of hydrogen-bond donors (Lipinski definition) is 0. The number of methoxy groups -OCH3 is 1. The topological polar surface area (TPSA) is 50.1 Å². The van der Waals surface area contributed by atoms with Gasteiger partial charge in [0.2, 0.25) is 0 Å². The fraction of sp³-hybridized carbons (Fsp3) is 0.231. The van der Waals surface area contributed by atoms with Gasteiger partial charge in [0.15, 0.2) is 0 Å². The van der Waals surface area contributed by atoms with Gasteiger partial charge in [-0.1, -0.05) is 30.0 Å². The Labute approximate surface area is 94.7 Å². The standard InChI is InChI=1S/C13H11NO2/c1-16-13(15)9-12(10-14)8-7-11-5-3-2-4-6-11/h2-6,12H,9H2,1H3. The van der Waals surface area contributed by atoms with Crippen molar-refractivity contribution < 1.29 is 9.53 Å². The molecule has 0 heterocycles. The van der Waals surface area contributed by atoms with Gasteiger partial charge in [0.1, 0.15) is 5.92 Å². The van der Waals surface area contributed by atoms with Crippen molar-refractivity contribution in [3.8, 4) is 17.9 Å². The first kappa shape index (κ1) is 11.8. The highest BCUT2D eigenvalue weighted by atomic mass is 16.5. The average Bonchev–Trinajstić information content (AvgIpc) is 2.35. The van der Waals surface area contributed by atoms with Crippen LogP contribution in [0.4, 0.5) is 0 Å². The van der Waals surface area contributed by atoms with Crippen LogP contribution in [0.15, 0.2) is 30.3 Å². The Morgan fingerprint density at radius 2 is 2.12 bits per heavy atom. The van der Waals surface area contributed by atoms with Gasteiger partial charge >= 0.3 is 5.97 Å². The third kappa shape index (κ3) is 3.86. The van der Waals surface area contributed by atoms with Crippen molar-refractivity contribution in [2.45, 2.75) is 6.42 Å². The number of rotatable bonds is 2. The molecule has 0 saturated heterocycles. The monoisotopic (exact) mass is 213 g/mol. The molecule has 0 spiro atoms. The van der Waals surface area contributed by atoms with Crippen LogP contribution < -0.4 is 0 Å². The minimum atomic E-state index is -0.618. The zero-order valence-corrected chi connectivity index (χ0v) is 8.93. The number of ether oxygens (including phenoxy) is 1. The largest absolute Gasteiger partial charge is 0.469 e. The molecule has 1 atom stereocenters. The number of hydrogen-bond acceptors (Lipinski definition) is 3. The number of nitrogens with zero attached hydrogens (tertiary/aromatic N) is 1. The van der Waals surface area contributed by atoms with E-state index in [0.29, 0.717) is 0 Å².